The van der Waals surface area contributed by atoms with Crippen molar-refractivity contribution in [1.82, 2.24) is 20.1 Å². The molecule has 3 aromatic rings. The van der Waals surface area contributed by atoms with Crippen LogP contribution in [-0.4, -0.2) is 40.3 Å². The predicted molar refractivity (Wildman–Crippen MR) is 119 cm³/mol. The van der Waals surface area contributed by atoms with Crippen LogP contribution in [0.15, 0.2) is 48.8 Å². The van der Waals surface area contributed by atoms with Crippen molar-refractivity contribution in [3.8, 4) is 11.1 Å². The van der Waals surface area contributed by atoms with Crippen LogP contribution in [0.2, 0.25) is 0 Å². The molecule has 1 amide bonds. The third-order valence-electron chi connectivity index (χ3n) is 5.61. The number of rotatable bonds is 6. The van der Waals surface area contributed by atoms with Crippen molar-refractivity contribution in [3.05, 3.63) is 60.3 Å². The average molecular weight is 423 g/mol. The van der Waals surface area contributed by atoms with Gasteiger partial charge in [-0.15, -0.1) is 0 Å². The topological polar surface area (TPSA) is 75.1 Å². The number of anilines is 2. The predicted octanol–water partition coefficient (Wildman–Crippen LogP) is 3.60. The van der Waals surface area contributed by atoms with E-state index in [4.69, 9.17) is 0 Å². The van der Waals surface area contributed by atoms with E-state index >= 15 is 0 Å². The zero-order valence-electron chi connectivity index (χ0n) is 18.0. The molecule has 0 saturated heterocycles. The van der Waals surface area contributed by atoms with E-state index in [1.165, 1.54) is 6.07 Å². The van der Waals surface area contributed by atoms with Crippen molar-refractivity contribution in [2.45, 2.75) is 38.9 Å². The zero-order chi connectivity index (χ0) is 22.0. The van der Waals surface area contributed by atoms with Crippen LogP contribution >= 0.6 is 0 Å². The molecule has 1 aliphatic rings. The summed E-state index contributed by atoms with van der Waals surface area (Å²) in [6.45, 7) is 5.23. The van der Waals surface area contributed by atoms with Gasteiger partial charge < -0.3 is 15.5 Å². The number of benzene rings is 1. The van der Waals surface area contributed by atoms with Gasteiger partial charge in [0.1, 0.15) is 5.82 Å². The summed E-state index contributed by atoms with van der Waals surface area (Å²) in [5.41, 5.74) is 3.88. The van der Waals surface area contributed by atoms with Crippen LogP contribution in [0.4, 0.5) is 15.9 Å². The van der Waals surface area contributed by atoms with Crippen LogP contribution in [0.3, 0.4) is 0 Å². The molecule has 162 valence electrons. The first-order valence-electron chi connectivity index (χ1n) is 10.5. The Morgan fingerprint density at radius 1 is 1.26 bits per heavy atom. The van der Waals surface area contributed by atoms with Gasteiger partial charge in [-0.2, -0.15) is 9.49 Å². The molecule has 1 aromatic carbocycles. The zero-order valence-corrected chi connectivity index (χ0v) is 18.0. The molecule has 31 heavy (non-hydrogen) atoms. The molecule has 0 bridgehead atoms. The Bertz CT molecular complexity index is 1080. The number of carbonyl (C=O) groups excluding carboxylic acids is 1. The van der Waals surface area contributed by atoms with Gasteiger partial charge in [0.15, 0.2) is 0 Å². The molecule has 7 nitrogen and oxygen atoms in total. The van der Waals surface area contributed by atoms with E-state index in [0.717, 1.165) is 35.5 Å². The fourth-order valence-corrected chi connectivity index (χ4v) is 4.19. The largest absolute Gasteiger partial charge is 0.363 e. The number of hydrogen-bond acceptors (Lipinski definition) is 5. The van der Waals surface area contributed by atoms with Gasteiger partial charge in [0.2, 0.25) is 11.9 Å². The van der Waals surface area contributed by atoms with E-state index in [9.17, 15) is 9.18 Å². The molecule has 3 heterocycles. The first-order valence-corrected chi connectivity index (χ1v) is 10.5. The van der Waals surface area contributed by atoms with Gasteiger partial charge in [-0.1, -0.05) is 12.1 Å². The van der Waals surface area contributed by atoms with Crippen LogP contribution in [-0.2, 0) is 11.3 Å². The third kappa shape index (κ3) is 4.44. The van der Waals surface area contributed by atoms with Gasteiger partial charge in [-0.05, 0) is 55.8 Å². The van der Waals surface area contributed by atoms with Crippen molar-refractivity contribution in [2.75, 3.05) is 23.8 Å². The van der Waals surface area contributed by atoms with Gasteiger partial charge in [-0.3, -0.25) is 9.48 Å². The van der Waals surface area contributed by atoms with E-state index in [1.807, 2.05) is 48.1 Å². The summed E-state index contributed by atoms with van der Waals surface area (Å²) in [5.74, 6) is -0.0457. The number of halogens is 1. The Labute approximate surface area is 181 Å². The Morgan fingerprint density at radius 3 is 2.84 bits per heavy atom. The fourth-order valence-electron chi connectivity index (χ4n) is 4.19. The van der Waals surface area contributed by atoms with Gasteiger partial charge in [0.05, 0.1) is 18.8 Å². The van der Waals surface area contributed by atoms with Crippen molar-refractivity contribution in [2.24, 2.45) is 0 Å². The maximum atomic E-state index is 13.6. The van der Waals surface area contributed by atoms with Gasteiger partial charge in [0, 0.05) is 37.0 Å². The van der Waals surface area contributed by atoms with E-state index in [2.05, 4.69) is 26.8 Å². The summed E-state index contributed by atoms with van der Waals surface area (Å²) in [4.78, 5) is 18.1. The Kier molecular flexibility index (Phi) is 5.99. The molecular formula is C23H27FN6O. The average Bonchev–Trinajstić information content (AvgIpc) is 3.21. The highest BCUT2D eigenvalue weighted by molar-refractivity contribution is 5.94. The van der Waals surface area contributed by atoms with Crippen LogP contribution in [0.5, 0.6) is 0 Å². The minimum absolute atomic E-state index is 0.00344. The number of aromatic nitrogens is 3. The molecular weight excluding hydrogens is 395 g/mol. The van der Waals surface area contributed by atoms with E-state index in [1.54, 1.807) is 19.1 Å². The second-order valence-corrected chi connectivity index (χ2v) is 7.89. The molecule has 2 aromatic heterocycles. The molecule has 2 atom stereocenters. The van der Waals surface area contributed by atoms with Crippen molar-refractivity contribution >= 4 is 17.4 Å². The second kappa shape index (κ2) is 8.85. The maximum absolute atomic E-state index is 13.6. The number of carbonyl (C=O) groups is 1. The summed E-state index contributed by atoms with van der Waals surface area (Å²) >= 11 is 0. The molecule has 2 unspecified atom stereocenters. The standard InChI is InChI=1S/C23H27FN6O/c1-15-11-20(27-23-6-4-5-22(24)28-23)19-12-17(7-8-21(19)30(15)16(2)31)18-13-26-29(14-18)10-9-25-3/h4-8,12-15,20,25H,9-11H2,1-3H3,(H,27,28). The molecule has 0 aliphatic carbocycles. The summed E-state index contributed by atoms with van der Waals surface area (Å²) in [6, 6.07) is 10.7. The molecule has 4 rings (SSSR count). The Balaban J connectivity index is 1.71. The lowest BCUT2D eigenvalue weighted by atomic mass is 9.89. The SMILES string of the molecule is CNCCn1cc(-c2ccc3c(c2)C(Nc2cccc(F)n2)CC(C)N3C(C)=O)cn1. The summed E-state index contributed by atoms with van der Waals surface area (Å²) in [6.07, 6.45) is 4.56. The fraction of sp³-hybridized carbons (Fsp3) is 0.348. The maximum Gasteiger partial charge on any atom is 0.224 e. The Hall–Kier alpha value is -3.26. The number of amides is 1. The number of nitrogens with one attached hydrogen (secondary N) is 2. The van der Waals surface area contributed by atoms with E-state index in [-0.39, 0.29) is 18.0 Å². The van der Waals surface area contributed by atoms with Gasteiger partial charge in [-0.25, -0.2) is 4.98 Å². The monoisotopic (exact) mass is 422 g/mol. The minimum Gasteiger partial charge on any atom is -0.363 e. The molecule has 0 fully saturated rings. The first-order chi connectivity index (χ1) is 15.0. The number of likely N-dealkylation sites (N-methyl/N-ethyl adjacent to an activating group) is 1. The van der Waals surface area contributed by atoms with E-state index in [0.29, 0.717) is 12.2 Å². The number of nitrogens with zero attached hydrogens (tertiary/aromatic N) is 4. The second-order valence-electron chi connectivity index (χ2n) is 7.89. The molecule has 0 spiro atoms. The van der Waals surface area contributed by atoms with Crippen LogP contribution < -0.4 is 15.5 Å². The Morgan fingerprint density at radius 2 is 2.10 bits per heavy atom. The lowest BCUT2D eigenvalue weighted by Gasteiger charge is -2.39. The summed E-state index contributed by atoms with van der Waals surface area (Å²) < 4.78 is 15.5. The first kappa shape index (κ1) is 21.0. The number of pyridine rings is 1. The quantitative estimate of drug-likeness (QED) is 0.594. The molecule has 2 N–H and O–H groups in total. The third-order valence-corrected chi connectivity index (χ3v) is 5.61. The highest BCUT2D eigenvalue weighted by Gasteiger charge is 2.33. The highest BCUT2D eigenvalue weighted by atomic mass is 19.1. The minimum atomic E-state index is -0.526. The lowest BCUT2D eigenvalue weighted by Crippen LogP contribution is -2.43. The van der Waals surface area contributed by atoms with Gasteiger partial charge >= 0.3 is 0 Å². The van der Waals surface area contributed by atoms with Crippen molar-refractivity contribution in [3.63, 3.8) is 0 Å². The van der Waals surface area contributed by atoms with Crippen molar-refractivity contribution in [1.29, 1.82) is 0 Å². The normalized spacial score (nSPS) is 18.0. The lowest BCUT2D eigenvalue weighted by molar-refractivity contribution is -0.117. The van der Waals surface area contributed by atoms with Crippen LogP contribution in [0.25, 0.3) is 11.1 Å². The van der Waals surface area contributed by atoms with Crippen LogP contribution in [0.1, 0.15) is 31.9 Å². The number of hydrogen-bond donors (Lipinski definition) is 2. The molecule has 0 saturated carbocycles. The summed E-state index contributed by atoms with van der Waals surface area (Å²) in [5, 5.41) is 10.9. The van der Waals surface area contributed by atoms with Crippen LogP contribution in [0, 0.1) is 5.95 Å². The molecule has 0 radical (unpaired) electrons. The smallest absolute Gasteiger partial charge is 0.224 e. The molecule has 8 heteroatoms. The van der Waals surface area contributed by atoms with Gasteiger partial charge in [0.25, 0.3) is 0 Å². The van der Waals surface area contributed by atoms with E-state index < -0.39 is 5.95 Å². The number of fused-ring (bicyclic) bond motifs is 1. The highest BCUT2D eigenvalue weighted by Crippen LogP contribution is 2.40. The van der Waals surface area contributed by atoms with Crippen molar-refractivity contribution < 1.29 is 9.18 Å². The molecule has 1 aliphatic heterocycles. The summed E-state index contributed by atoms with van der Waals surface area (Å²) in [7, 11) is 1.91.